The van der Waals surface area contributed by atoms with Crippen LogP contribution in [-0.2, 0) is 7.05 Å². The van der Waals surface area contributed by atoms with E-state index in [1.807, 2.05) is 83.9 Å². The Kier molecular flexibility index (Phi) is 4.34. The van der Waals surface area contributed by atoms with Crippen molar-refractivity contribution in [1.82, 2.24) is 19.3 Å². The summed E-state index contributed by atoms with van der Waals surface area (Å²) in [4.78, 5) is 12.8. The molecule has 0 aliphatic carbocycles. The second-order valence-corrected chi connectivity index (χ2v) is 7.03. The van der Waals surface area contributed by atoms with Crippen LogP contribution in [0.3, 0.4) is 0 Å². The SMILES string of the molecule is Cc1nnc(SCC(=O)c2cn(C)c3ccccc23)n1-c1ccccc1. The van der Waals surface area contributed by atoms with Crippen LogP contribution in [0.25, 0.3) is 16.6 Å². The molecule has 2 heterocycles. The van der Waals surface area contributed by atoms with E-state index in [1.165, 1.54) is 11.8 Å². The van der Waals surface area contributed by atoms with Crippen molar-refractivity contribution in [2.45, 2.75) is 12.1 Å². The van der Waals surface area contributed by atoms with Gasteiger partial charge < -0.3 is 4.57 Å². The summed E-state index contributed by atoms with van der Waals surface area (Å²) in [5.74, 6) is 1.21. The molecule has 0 fully saturated rings. The molecule has 0 aliphatic heterocycles. The van der Waals surface area contributed by atoms with E-state index in [-0.39, 0.29) is 5.78 Å². The molecule has 0 bridgehead atoms. The maximum Gasteiger partial charge on any atom is 0.196 e. The van der Waals surface area contributed by atoms with Gasteiger partial charge in [0, 0.05) is 35.4 Å². The van der Waals surface area contributed by atoms with Gasteiger partial charge in [0.2, 0.25) is 0 Å². The third-order valence-electron chi connectivity index (χ3n) is 4.34. The smallest absolute Gasteiger partial charge is 0.196 e. The number of carbonyl (C=O) groups is 1. The molecule has 0 spiro atoms. The Morgan fingerprint density at radius 3 is 2.58 bits per heavy atom. The highest BCUT2D eigenvalue weighted by Gasteiger charge is 2.17. The lowest BCUT2D eigenvalue weighted by atomic mass is 10.1. The number of ketones is 1. The highest BCUT2D eigenvalue weighted by molar-refractivity contribution is 7.99. The Balaban J connectivity index is 1.59. The molecular formula is C20H18N4OS. The molecule has 0 unspecified atom stereocenters. The fourth-order valence-corrected chi connectivity index (χ4v) is 3.96. The van der Waals surface area contributed by atoms with E-state index in [2.05, 4.69) is 10.2 Å². The lowest BCUT2D eigenvalue weighted by Gasteiger charge is -2.07. The summed E-state index contributed by atoms with van der Waals surface area (Å²) in [6, 6.07) is 17.9. The summed E-state index contributed by atoms with van der Waals surface area (Å²) in [6.45, 7) is 1.91. The molecule has 0 amide bonds. The normalized spacial score (nSPS) is 11.2. The second kappa shape index (κ2) is 6.80. The van der Waals surface area contributed by atoms with E-state index in [4.69, 9.17) is 0 Å². The molecule has 4 aromatic rings. The van der Waals surface area contributed by atoms with Gasteiger partial charge in [-0.2, -0.15) is 0 Å². The third kappa shape index (κ3) is 2.93. The highest BCUT2D eigenvalue weighted by Crippen LogP contribution is 2.25. The summed E-state index contributed by atoms with van der Waals surface area (Å²) in [5.41, 5.74) is 2.80. The molecular weight excluding hydrogens is 344 g/mol. The fourth-order valence-electron chi connectivity index (χ4n) is 3.08. The average Bonchev–Trinajstić information content (AvgIpc) is 3.21. The minimum absolute atomic E-state index is 0.0899. The Labute approximate surface area is 155 Å². The molecule has 130 valence electrons. The predicted octanol–water partition coefficient (Wildman–Crippen LogP) is 4.04. The Bertz CT molecular complexity index is 1080. The lowest BCUT2D eigenvalue weighted by molar-refractivity contribution is 0.102. The Morgan fingerprint density at radius 2 is 1.77 bits per heavy atom. The van der Waals surface area contributed by atoms with Gasteiger partial charge in [0.15, 0.2) is 10.9 Å². The zero-order valence-corrected chi connectivity index (χ0v) is 15.4. The Morgan fingerprint density at radius 1 is 1.04 bits per heavy atom. The zero-order chi connectivity index (χ0) is 18.1. The number of aryl methyl sites for hydroxylation is 2. The molecule has 0 atom stereocenters. The standard InChI is InChI=1S/C20H18N4OS/c1-14-21-22-20(24(14)15-8-4-3-5-9-15)26-13-19(25)17-12-23(2)18-11-7-6-10-16(17)18/h3-12H,13H2,1-2H3. The molecule has 5 nitrogen and oxygen atoms in total. The molecule has 2 aromatic carbocycles. The molecule has 0 saturated carbocycles. The Hall–Kier alpha value is -2.86. The van der Waals surface area contributed by atoms with Crippen LogP contribution in [0.15, 0.2) is 66.0 Å². The predicted molar refractivity (Wildman–Crippen MR) is 104 cm³/mol. The maximum absolute atomic E-state index is 12.8. The number of nitrogens with zero attached hydrogens (tertiary/aromatic N) is 4. The first-order chi connectivity index (χ1) is 12.6. The minimum atomic E-state index is 0.0899. The van der Waals surface area contributed by atoms with Gasteiger partial charge in [-0.1, -0.05) is 48.2 Å². The summed E-state index contributed by atoms with van der Waals surface area (Å²) in [6.07, 6.45) is 1.90. The number of aromatic nitrogens is 4. The number of Topliss-reactive ketones (excluding diaryl/α,β-unsaturated/α-hetero) is 1. The van der Waals surface area contributed by atoms with Crippen LogP contribution in [0.4, 0.5) is 0 Å². The fraction of sp³-hybridized carbons (Fsp3) is 0.150. The van der Waals surface area contributed by atoms with Crippen LogP contribution < -0.4 is 0 Å². The molecule has 0 radical (unpaired) electrons. The molecule has 0 aliphatic rings. The third-order valence-corrected chi connectivity index (χ3v) is 5.27. The van der Waals surface area contributed by atoms with E-state index < -0.39 is 0 Å². The number of rotatable bonds is 5. The van der Waals surface area contributed by atoms with Crippen molar-refractivity contribution in [3.05, 3.63) is 72.2 Å². The van der Waals surface area contributed by atoms with Crippen molar-refractivity contribution in [2.24, 2.45) is 7.05 Å². The van der Waals surface area contributed by atoms with Gasteiger partial charge >= 0.3 is 0 Å². The van der Waals surface area contributed by atoms with E-state index in [1.54, 1.807) is 0 Å². The van der Waals surface area contributed by atoms with Gasteiger partial charge in [0.05, 0.1) is 5.75 Å². The van der Waals surface area contributed by atoms with Crippen LogP contribution in [-0.4, -0.2) is 30.9 Å². The molecule has 4 rings (SSSR count). The van der Waals surface area contributed by atoms with Crippen LogP contribution in [0.1, 0.15) is 16.2 Å². The quantitative estimate of drug-likeness (QED) is 0.397. The highest BCUT2D eigenvalue weighted by atomic mass is 32.2. The van der Waals surface area contributed by atoms with Gasteiger partial charge in [0.25, 0.3) is 0 Å². The first kappa shape index (κ1) is 16.6. The topological polar surface area (TPSA) is 52.7 Å². The van der Waals surface area contributed by atoms with Crippen molar-refractivity contribution >= 4 is 28.4 Å². The number of hydrogen-bond donors (Lipinski definition) is 0. The number of hydrogen-bond acceptors (Lipinski definition) is 4. The van der Waals surface area contributed by atoms with E-state index in [0.717, 1.165) is 33.1 Å². The average molecular weight is 362 g/mol. The minimum Gasteiger partial charge on any atom is -0.350 e. The van der Waals surface area contributed by atoms with Crippen LogP contribution >= 0.6 is 11.8 Å². The number of benzene rings is 2. The van der Waals surface area contributed by atoms with Gasteiger partial charge in [-0.25, -0.2) is 0 Å². The van der Waals surface area contributed by atoms with E-state index in [9.17, 15) is 4.79 Å². The number of carbonyl (C=O) groups excluding carboxylic acids is 1. The van der Waals surface area contributed by atoms with E-state index in [0.29, 0.717) is 5.75 Å². The van der Waals surface area contributed by atoms with Crippen molar-refractivity contribution in [3.63, 3.8) is 0 Å². The zero-order valence-electron chi connectivity index (χ0n) is 14.6. The van der Waals surface area contributed by atoms with Crippen molar-refractivity contribution < 1.29 is 4.79 Å². The summed E-state index contributed by atoms with van der Waals surface area (Å²) < 4.78 is 3.96. The molecule has 0 N–H and O–H groups in total. The second-order valence-electron chi connectivity index (χ2n) is 6.08. The van der Waals surface area contributed by atoms with E-state index >= 15 is 0 Å². The number of para-hydroxylation sites is 2. The largest absolute Gasteiger partial charge is 0.350 e. The van der Waals surface area contributed by atoms with Gasteiger partial charge in [-0.3, -0.25) is 9.36 Å². The van der Waals surface area contributed by atoms with Crippen molar-refractivity contribution in [3.8, 4) is 5.69 Å². The van der Waals surface area contributed by atoms with Crippen LogP contribution in [0.5, 0.6) is 0 Å². The van der Waals surface area contributed by atoms with Crippen molar-refractivity contribution in [1.29, 1.82) is 0 Å². The van der Waals surface area contributed by atoms with Crippen LogP contribution in [0.2, 0.25) is 0 Å². The van der Waals surface area contributed by atoms with Crippen LogP contribution in [0, 0.1) is 6.92 Å². The summed E-state index contributed by atoms with van der Waals surface area (Å²) in [5, 5.41) is 10.1. The molecule has 0 saturated heterocycles. The maximum atomic E-state index is 12.8. The molecule has 6 heteroatoms. The monoisotopic (exact) mass is 362 g/mol. The number of thioether (sulfide) groups is 1. The van der Waals surface area contributed by atoms with Gasteiger partial charge in [-0.05, 0) is 25.1 Å². The molecule has 26 heavy (non-hydrogen) atoms. The first-order valence-corrected chi connectivity index (χ1v) is 9.31. The summed E-state index contributed by atoms with van der Waals surface area (Å²) in [7, 11) is 1.96. The van der Waals surface area contributed by atoms with Crippen molar-refractivity contribution in [2.75, 3.05) is 5.75 Å². The van der Waals surface area contributed by atoms with Gasteiger partial charge in [0.1, 0.15) is 5.82 Å². The number of fused-ring (bicyclic) bond motifs is 1. The van der Waals surface area contributed by atoms with Gasteiger partial charge in [-0.15, -0.1) is 10.2 Å². The lowest BCUT2D eigenvalue weighted by Crippen LogP contribution is -2.04. The summed E-state index contributed by atoms with van der Waals surface area (Å²) >= 11 is 1.41. The molecule has 2 aromatic heterocycles. The first-order valence-electron chi connectivity index (χ1n) is 8.32.